The van der Waals surface area contributed by atoms with Gasteiger partial charge in [-0.15, -0.1) is 12.3 Å². The minimum absolute atomic E-state index is 0.0490. The second-order valence-corrected chi connectivity index (χ2v) is 5.18. The van der Waals surface area contributed by atoms with Gasteiger partial charge in [-0.1, -0.05) is 11.3 Å². The lowest BCUT2D eigenvalue weighted by Gasteiger charge is -2.10. The monoisotopic (exact) mass is 278 g/mol. The molecule has 1 fully saturated rings. The molecule has 1 aromatic heterocycles. The number of hydrogen-bond donors (Lipinski definition) is 0. The largest absolute Gasteiger partial charge is 0.462 e. The molecule has 0 radical (unpaired) electrons. The zero-order valence-electron chi connectivity index (χ0n) is 10.8. The SMILES string of the molecule is C#CC1CC(=O)N(c2nc(C)c(C(=O)OCC)s2)C1. The first-order valence-corrected chi connectivity index (χ1v) is 6.79. The molecule has 1 aromatic rings. The Balaban J connectivity index is 2.23. The number of nitrogens with zero attached hydrogens (tertiary/aromatic N) is 2. The Morgan fingerprint density at radius 2 is 2.42 bits per heavy atom. The fourth-order valence-corrected chi connectivity index (χ4v) is 2.88. The molecule has 1 unspecified atom stereocenters. The fraction of sp³-hybridized carbons (Fsp3) is 0.462. The zero-order valence-corrected chi connectivity index (χ0v) is 11.6. The van der Waals surface area contributed by atoms with Gasteiger partial charge in [-0.2, -0.15) is 0 Å². The summed E-state index contributed by atoms with van der Waals surface area (Å²) in [6.07, 6.45) is 5.68. The van der Waals surface area contributed by atoms with Gasteiger partial charge in [-0.3, -0.25) is 9.69 Å². The average Bonchev–Trinajstić information content (AvgIpc) is 2.92. The number of esters is 1. The van der Waals surface area contributed by atoms with Crippen molar-refractivity contribution < 1.29 is 14.3 Å². The van der Waals surface area contributed by atoms with Crippen LogP contribution in [0.25, 0.3) is 0 Å². The fourth-order valence-electron chi connectivity index (χ4n) is 1.89. The molecule has 0 saturated carbocycles. The van der Waals surface area contributed by atoms with Crippen molar-refractivity contribution in [1.29, 1.82) is 0 Å². The summed E-state index contributed by atoms with van der Waals surface area (Å²) in [5, 5.41) is 0.517. The minimum Gasteiger partial charge on any atom is -0.462 e. The molecule has 0 aromatic carbocycles. The topological polar surface area (TPSA) is 59.5 Å². The second kappa shape index (κ2) is 5.41. The highest BCUT2D eigenvalue weighted by atomic mass is 32.1. The lowest BCUT2D eigenvalue weighted by atomic mass is 10.1. The molecule has 0 bridgehead atoms. The zero-order chi connectivity index (χ0) is 14.0. The van der Waals surface area contributed by atoms with E-state index >= 15 is 0 Å². The molecule has 1 aliphatic heterocycles. The lowest BCUT2D eigenvalue weighted by molar-refractivity contribution is -0.117. The Labute approximate surface area is 115 Å². The van der Waals surface area contributed by atoms with Crippen molar-refractivity contribution in [1.82, 2.24) is 4.98 Å². The number of carbonyl (C=O) groups excluding carboxylic acids is 2. The smallest absolute Gasteiger partial charge is 0.350 e. The summed E-state index contributed by atoms with van der Waals surface area (Å²) in [7, 11) is 0. The summed E-state index contributed by atoms with van der Waals surface area (Å²) in [5.74, 6) is 2.05. The van der Waals surface area contributed by atoms with Crippen LogP contribution in [0.5, 0.6) is 0 Å². The molecule has 0 N–H and O–H groups in total. The number of aryl methyl sites for hydroxylation is 1. The van der Waals surface area contributed by atoms with E-state index in [0.29, 0.717) is 35.3 Å². The first kappa shape index (κ1) is 13.6. The maximum Gasteiger partial charge on any atom is 0.350 e. The maximum atomic E-state index is 11.8. The molecule has 1 aliphatic rings. The molecular weight excluding hydrogens is 264 g/mol. The van der Waals surface area contributed by atoms with Gasteiger partial charge in [0.15, 0.2) is 5.13 Å². The van der Waals surface area contributed by atoms with Crippen LogP contribution < -0.4 is 4.90 Å². The van der Waals surface area contributed by atoms with Crippen molar-refractivity contribution in [3.8, 4) is 12.3 Å². The molecule has 2 rings (SSSR count). The number of ether oxygens (including phenoxy) is 1. The number of aromatic nitrogens is 1. The van der Waals surface area contributed by atoms with E-state index in [2.05, 4.69) is 10.9 Å². The molecule has 1 atom stereocenters. The third kappa shape index (κ3) is 2.61. The van der Waals surface area contributed by atoms with Crippen molar-refractivity contribution in [3.05, 3.63) is 10.6 Å². The lowest BCUT2D eigenvalue weighted by Crippen LogP contribution is -2.24. The van der Waals surface area contributed by atoms with Crippen LogP contribution in [0.15, 0.2) is 0 Å². The van der Waals surface area contributed by atoms with Gasteiger partial charge in [0.05, 0.1) is 12.3 Å². The average molecular weight is 278 g/mol. The van der Waals surface area contributed by atoms with Crippen molar-refractivity contribution >= 4 is 28.3 Å². The molecule has 0 spiro atoms. The molecule has 5 nitrogen and oxygen atoms in total. The standard InChI is InChI=1S/C13H14N2O3S/c1-4-9-6-10(16)15(7-9)13-14-8(3)11(19-13)12(17)18-5-2/h1,9H,5-7H2,2-3H3. The second-order valence-electron chi connectivity index (χ2n) is 4.20. The third-order valence-electron chi connectivity index (χ3n) is 2.84. The van der Waals surface area contributed by atoms with Crippen LogP contribution in [0.1, 0.15) is 28.7 Å². The highest BCUT2D eigenvalue weighted by molar-refractivity contribution is 7.17. The van der Waals surface area contributed by atoms with Gasteiger partial charge in [-0.05, 0) is 13.8 Å². The summed E-state index contributed by atoms with van der Waals surface area (Å²) >= 11 is 1.17. The number of terminal acetylenes is 1. The van der Waals surface area contributed by atoms with Gasteiger partial charge >= 0.3 is 5.97 Å². The number of anilines is 1. The minimum atomic E-state index is -0.399. The Hall–Kier alpha value is -1.87. The van der Waals surface area contributed by atoms with E-state index < -0.39 is 5.97 Å². The first-order valence-electron chi connectivity index (χ1n) is 5.97. The summed E-state index contributed by atoms with van der Waals surface area (Å²) < 4.78 is 4.95. The number of carbonyl (C=O) groups is 2. The van der Waals surface area contributed by atoms with E-state index in [1.54, 1.807) is 18.7 Å². The first-order chi connectivity index (χ1) is 9.06. The Bertz CT molecular complexity index is 559. The van der Waals surface area contributed by atoms with Gasteiger partial charge in [-0.25, -0.2) is 9.78 Å². The highest BCUT2D eigenvalue weighted by Gasteiger charge is 2.32. The summed E-state index contributed by atoms with van der Waals surface area (Å²) in [5.41, 5.74) is 0.579. The van der Waals surface area contributed by atoms with Crippen molar-refractivity contribution in [3.63, 3.8) is 0 Å². The molecule has 100 valence electrons. The van der Waals surface area contributed by atoms with Gasteiger partial charge < -0.3 is 4.74 Å². The van der Waals surface area contributed by atoms with Crippen molar-refractivity contribution in [2.75, 3.05) is 18.1 Å². The van der Waals surface area contributed by atoms with Gasteiger partial charge in [0, 0.05) is 18.9 Å². The van der Waals surface area contributed by atoms with Crippen LogP contribution in [0, 0.1) is 25.2 Å². The predicted molar refractivity (Wildman–Crippen MR) is 72.1 cm³/mol. The molecule has 2 heterocycles. The maximum absolute atomic E-state index is 11.8. The van der Waals surface area contributed by atoms with Crippen molar-refractivity contribution in [2.24, 2.45) is 5.92 Å². The van der Waals surface area contributed by atoms with Crippen LogP contribution in [-0.4, -0.2) is 30.0 Å². The van der Waals surface area contributed by atoms with E-state index in [-0.39, 0.29) is 11.8 Å². The Morgan fingerprint density at radius 1 is 1.68 bits per heavy atom. The molecule has 1 saturated heterocycles. The van der Waals surface area contributed by atoms with Crippen molar-refractivity contribution in [2.45, 2.75) is 20.3 Å². The number of rotatable bonds is 3. The van der Waals surface area contributed by atoms with Crippen LogP contribution in [-0.2, 0) is 9.53 Å². The van der Waals surface area contributed by atoms with Crippen LogP contribution >= 0.6 is 11.3 Å². The van der Waals surface area contributed by atoms with E-state index in [9.17, 15) is 9.59 Å². The van der Waals surface area contributed by atoms with Crippen LogP contribution in [0.4, 0.5) is 5.13 Å². The molecule has 19 heavy (non-hydrogen) atoms. The van der Waals surface area contributed by atoms with E-state index in [4.69, 9.17) is 11.2 Å². The summed E-state index contributed by atoms with van der Waals surface area (Å²) in [6.45, 7) is 4.25. The molecule has 0 aliphatic carbocycles. The van der Waals surface area contributed by atoms with Crippen LogP contribution in [0.2, 0.25) is 0 Å². The number of amides is 1. The molecule has 6 heteroatoms. The number of thiazole rings is 1. The van der Waals surface area contributed by atoms with E-state index in [0.717, 1.165) is 0 Å². The summed E-state index contributed by atoms with van der Waals surface area (Å²) in [4.78, 5) is 29.8. The normalized spacial score (nSPS) is 18.5. The van der Waals surface area contributed by atoms with E-state index in [1.807, 2.05) is 0 Å². The predicted octanol–water partition coefficient (Wildman–Crippen LogP) is 1.61. The van der Waals surface area contributed by atoms with Gasteiger partial charge in [0.1, 0.15) is 4.88 Å². The summed E-state index contributed by atoms with van der Waals surface area (Å²) in [6, 6.07) is 0. The highest BCUT2D eigenvalue weighted by Crippen LogP contribution is 2.31. The van der Waals surface area contributed by atoms with Crippen LogP contribution in [0.3, 0.4) is 0 Å². The van der Waals surface area contributed by atoms with Gasteiger partial charge in [0.2, 0.25) is 5.91 Å². The Kier molecular flexibility index (Phi) is 3.86. The Morgan fingerprint density at radius 3 is 3.00 bits per heavy atom. The quantitative estimate of drug-likeness (QED) is 0.622. The molecular formula is C13H14N2O3S. The molecule has 1 amide bonds. The van der Waals surface area contributed by atoms with E-state index in [1.165, 1.54) is 11.3 Å². The van der Waals surface area contributed by atoms with Gasteiger partial charge in [0.25, 0.3) is 0 Å². The number of hydrogen-bond acceptors (Lipinski definition) is 5. The third-order valence-corrected chi connectivity index (χ3v) is 4.00.